The minimum atomic E-state index is -2.80. The number of carbonyl (C=O) groups excluding carboxylic acids is 1. The van der Waals surface area contributed by atoms with Crippen LogP contribution in [0, 0.1) is 5.41 Å². The topological polar surface area (TPSA) is 80.5 Å². The molecule has 2 fully saturated rings. The van der Waals surface area contributed by atoms with Gasteiger partial charge in [0.2, 0.25) is 5.91 Å². The zero-order valence-electron chi connectivity index (χ0n) is 8.61. The Morgan fingerprint density at radius 1 is 1.27 bits per heavy atom. The van der Waals surface area contributed by atoms with Gasteiger partial charge in [0.1, 0.15) is 9.84 Å². The van der Waals surface area contributed by atoms with E-state index in [0.29, 0.717) is 25.9 Å². The van der Waals surface area contributed by atoms with Crippen LogP contribution in [-0.4, -0.2) is 50.4 Å². The molecule has 1 amide bonds. The second-order valence-electron chi connectivity index (χ2n) is 4.61. The van der Waals surface area contributed by atoms with Gasteiger partial charge in [0.15, 0.2) is 0 Å². The fourth-order valence-corrected chi connectivity index (χ4v) is 4.05. The van der Waals surface area contributed by atoms with Crippen molar-refractivity contribution in [2.75, 3.05) is 31.1 Å². The number of hydrogen-bond acceptors (Lipinski definition) is 4. The van der Waals surface area contributed by atoms with Crippen LogP contribution in [0.15, 0.2) is 0 Å². The molecule has 2 rings (SSSR count). The standard InChI is InChI=1S/C9H16N2O3S/c10-5-8(12)11-6-9(7-11)1-3-15(13,14)4-2-9/h1-7,10H2. The van der Waals surface area contributed by atoms with Gasteiger partial charge in [0, 0.05) is 18.5 Å². The van der Waals surface area contributed by atoms with E-state index in [9.17, 15) is 13.2 Å². The zero-order chi connectivity index (χ0) is 11.1. The van der Waals surface area contributed by atoms with E-state index in [4.69, 9.17) is 5.73 Å². The van der Waals surface area contributed by atoms with E-state index in [1.807, 2.05) is 0 Å². The summed E-state index contributed by atoms with van der Waals surface area (Å²) in [5, 5.41) is 0. The second kappa shape index (κ2) is 3.45. The van der Waals surface area contributed by atoms with Gasteiger partial charge >= 0.3 is 0 Å². The molecule has 0 unspecified atom stereocenters. The molecule has 86 valence electrons. The van der Waals surface area contributed by atoms with Crippen LogP contribution < -0.4 is 5.73 Å². The van der Waals surface area contributed by atoms with E-state index in [0.717, 1.165) is 0 Å². The summed E-state index contributed by atoms with van der Waals surface area (Å²) in [6.07, 6.45) is 1.40. The van der Waals surface area contributed by atoms with Gasteiger partial charge in [0.25, 0.3) is 0 Å². The summed E-state index contributed by atoms with van der Waals surface area (Å²) in [6.45, 7) is 1.44. The van der Waals surface area contributed by atoms with Crippen molar-refractivity contribution in [3.8, 4) is 0 Å². The highest BCUT2D eigenvalue weighted by Crippen LogP contribution is 2.40. The molecule has 0 aromatic rings. The highest BCUT2D eigenvalue weighted by atomic mass is 32.2. The molecule has 0 aromatic carbocycles. The fraction of sp³-hybridized carbons (Fsp3) is 0.889. The molecule has 2 aliphatic heterocycles. The van der Waals surface area contributed by atoms with E-state index in [2.05, 4.69) is 0 Å². The van der Waals surface area contributed by atoms with Gasteiger partial charge in [-0.25, -0.2) is 8.42 Å². The van der Waals surface area contributed by atoms with Crippen LogP contribution in [0.2, 0.25) is 0 Å². The number of amides is 1. The largest absolute Gasteiger partial charge is 0.340 e. The van der Waals surface area contributed by atoms with Gasteiger partial charge in [-0.05, 0) is 12.8 Å². The minimum absolute atomic E-state index is 0.0333. The van der Waals surface area contributed by atoms with E-state index in [1.54, 1.807) is 4.90 Å². The minimum Gasteiger partial charge on any atom is -0.340 e. The van der Waals surface area contributed by atoms with E-state index in [-0.39, 0.29) is 29.4 Å². The van der Waals surface area contributed by atoms with Crippen molar-refractivity contribution in [2.45, 2.75) is 12.8 Å². The maximum Gasteiger partial charge on any atom is 0.236 e. The molecule has 0 aliphatic carbocycles. The van der Waals surface area contributed by atoms with Crippen molar-refractivity contribution in [3.05, 3.63) is 0 Å². The van der Waals surface area contributed by atoms with Crippen LogP contribution in [0.3, 0.4) is 0 Å². The van der Waals surface area contributed by atoms with E-state index >= 15 is 0 Å². The van der Waals surface area contributed by atoms with Crippen LogP contribution in [0.1, 0.15) is 12.8 Å². The maximum absolute atomic E-state index is 11.2. The predicted octanol–water partition coefficient (Wildman–Crippen LogP) is -1.02. The Morgan fingerprint density at radius 3 is 2.27 bits per heavy atom. The third kappa shape index (κ3) is 2.01. The number of sulfone groups is 1. The zero-order valence-corrected chi connectivity index (χ0v) is 9.42. The second-order valence-corrected chi connectivity index (χ2v) is 6.91. The van der Waals surface area contributed by atoms with Gasteiger partial charge in [-0.2, -0.15) is 0 Å². The Kier molecular flexibility index (Phi) is 2.50. The lowest BCUT2D eigenvalue weighted by molar-refractivity contribution is -0.142. The van der Waals surface area contributed by atoms with Gasteiger partial charge in [-0.15, -0.1) is 0 Å². The predicted molar refractivity (Wildman–Crippen MR) is 56.0 cm³/mol. The molecule has 0 saturated carbocycles. The van der Waals surface area contributed by atoms with Crippen molar-refractivity contribution in [3.63, 3.8) is 0 Å². The first-order valence-corrected chi connectivity index (χ1v) is 6.97. The highest BCUT2D eigenvalue weighted by Gasteiger charge is 2.47. The van der Waals surface area contributed by atoms with Crippen LogP contribution in [0.5, 0.6) is 0 Å². The average Bonchev–Trinajstić information content (AvgIpc) is 2.14. The Morgan fingerprint density at radius 2 is 1.80 bits per heavy atom. The smallest absolute Gasteiger partial charge is 0.236 e. The van der Waals surface area contributed by atoms with E-state index in [1.165, 1.54) is 0 Å². The van der Waals surface area contributed by atoms with Crippen molar-refractivity contribution in [2.24, 2.45) is 11.1 Å². The third-order valence-electron chi connectivity index (χ3n) is 3.47. The summed E-state index contributed by atoms with van der Waals surface area (Å²) < 4.78 is 22.5. The van der Waals surface area contributed by atoms with Gasteiger partial charge in [0.05, 0.1) is 18.1 Å². The number of likely N-dealkylation sites (tertiary alicyclic amines) is 1. The molecule has 5 nitrogen and oxygen atoms in total. The van der Waals surface area contributed by atoms with E-state index < -0.39 is 9.84 Å². The third-order valence-corrected chi connectivity index (χ3v) is 5.12. The summed E-state index contributed by atoms with van der Waals surface area (Å²) in [6, 6.07) is 0. The number of carbonyl (C=O) groups is 1. The molecule has 0 atom stereocenters. The lowest BCUT2D eigenvalue weighted by Gasteiger charge is -2.52. The molecule has 6 heteroatoms. The number of rotatable bonds is 1. The molecule has 0 aromatic heterocycles. The highest BCUT2D eigenvalue weighted by molar-refractivity contribution is 7.91. The monoisotopic (exact) mass is 232 g/mol. The maximum atomic E-state index is 11.2. The number of nitrogens with zero attached hydrogens (tertiary/aromatic N) is 1. The Bertz CT molecular complexity index is 355. The summed E-state index contributed by atoms with van der Waals surface area (Å²) >= 11 is 0. The van der Waals surface area contributed by atoms with Crippen LogP contribution in [0.25, 0.3) is 0 Å². The fourth-order valence-electron chi connectivity index (χ4n) is 2.36. The Balaban J connectivity index is 1.91. The first-order chi connectivity index (χ1) is 6.96. The quantitative estimate of drug-likeness (QED) is 0.627. The molecule has 2 N–H and O–H groups in total. The molecule has 0 radical (unpaired) electrons. The summed E-state index contributed by atoms with van der Waals surface area (Å²) in [5.41, 5.74) is 5.34. The summed E-state index contributed by atoms with van der Waals surface area (Å²) in [4.78, 5) is 13.0. The first kappa shape index (κ1) is 10.9. The summed E-state index contributed by atoms with van der Waals surface area (Å²) in [5.74, 6) is 0.518. The molecule has 15 heavy (non-hydrogen) atoms. The molecule has 2 heterocycles. The van der Waals surface area contributed by atoms with Crippen molar-refractivity contribution >= 4 is 15.7 Å². The van der Waals surface area contributed by atoms with Gasteiger partial charge in [-0.3, -0.25) is 4.79 Å². The number of nitrogens with two attached hydrogens (primary N) is 1. The Hall–Kier alpha value is -0.620. The lowest BCUT2D eigenvalue weighted by atomic mass is 9.75. The van der Waals surface area contributed by atoms with Gasteiger partial charge < -0.3 is 10.6 Å². The first-order valence-electron chi connectivity index (χ1n) is 5.15. The molecular formula is C9H16N2O3S. The molecule has 2 aliphatic rings. The molecule has 1 spiro atoms. The normalized spacial score (nSPS) is 27.4. The summed E-state index contributed by atoms with van der Waals surface area (Å²) in [7, 11) is -2.80. The van der Waals surface area contributed by atoms with Gasteiger partial charge in [-0.1, -0.05) is 0 Å². The molecule has 2 saturated heterocycles. The lowest BCUT2D eigenvalue weighted by Crippen LogP contribution is -2.61. The van der Waals surface area contributed by atoms with Crippen LogP contribution in [0.4, 0.5) is 0 Å². The number of hydrogen-bond donors (Lipinski definition) is 1. The van der Waals surface area contributed by atoms with Crippen molar-refractivity contribution < 1.29 is 13.2 Å². The molecular weight excluding hydrogens is 216 g/mol. The molecule has 0 bridgehead atoms. The SMILES string of the molecule is NCC(=O)N1CC2(CCS(=O)(=O)CC2)C1. The van der Waals surface area contributed by atoms with Crippen LogP contribution in [-0.2, 0) is 14.6 Å². The Labute approximate surface area is 89.5 Å². The average molecular weight is 232 g/mol. The van der Waals surface area contributed by atoms with Crippen LogP contribution >= 0.6 is 0 Å². The van der Waals surface area contributed by atoms with Crippen molar-refractivity contribution in [1.82, 2.24) is 4.90 Å². The van der Waals surface area contributed by atoms with Crippen molar-refractivity contribution in [1.29, 1.82) is 0 Å².